The van der Waals surface area contributed by atoms with E-state index >= 15 is 0 Å². The SMILES string of the molecule is Cc1ccc(/C=C/c2cccc(C=O)c2)s1. The van der Waals surface area contributed by atoms with Crippen molar-refractivity contribution in [3.8, 4) is 0 Å². The predicted molar refractivity (Wildman–Crippen MR) is 69.8 cm³/mol. The minimum atomic E-state index is 0.713. The molecule has 0 spiro atoms. The van der Waals surface area contributed by atoms with Crippen molar-refractivity contribution in [3.63, 3.8) is 0 Å². The Balaban J connectivity index is 2.19. The molecule has 2 rings (SSSR count). The Morgan fingerprint density at radius 1 is 1.06 bits per heavy atom. The van der Waals surface area contributed by atoms with Crippen molar-refractivity contribution in [2.75, 3.05) is 0 Å². The van der Waals surface area contributed by atoms with Crippen molar-refractivity contribution in [1.29, 1.82) is 0 Å². The molecule has 0 atom stereocenters. The first kappa shape index (κ1) is 10.8. The Morgan fingerprint density at radius 3 is 2.56 bits per heavy atom. The van der Waals surface area contributed by atoms with E-state index in [0.717, 1.165) is 11.8 Å². The molecule has 1 heterocycles. The van der Waals surface area contributed by atoms with E-state index in [4.69, 9.17) is 0 Å². The van der Waals surface area contributed by atoms with Crippen LogP contribution >= 0.6 is 11.3 Å². The van der Waals surface area contributed by atoms with Crippen LogP contribution in [0.15, 0.2) is 36.4 Å². The van der Waals surface area contributed by atoms with Crippen LogP contribution in [0.25, 0.3) is 12.2 Å². The van der Waals surface area contributed by atoms with Crippen LogP contribution < -0.4 is 0 Å². The summed E-state index contributed by atoms with van der Waals surface area (Å²) in [5.74, 6) is 0. The number of carbonyl (C=O) groups excluding carboxylic acids is 1. The highest BCUT2D eigenvalue weighted by molar-refractivity contribution is 7.12. The number of benzene rings is 1. The fraction of sp³-hybridized carbons (Fsp3) is 0.0714. The van der Waals surface area contributed by atoms with Gasteiger partial charge < -0.3 is 0 Å². The van der Waals surface area contributed by atoms with Crippen LogP contribution in [-0.4, -0.2) is 6.29 Å². The van der Waals surface area contributed by atoms with Gasteiger partial charge >= 0.3 is 0 Å². The summed E-state index contributed by atoms with van der Waals surface area (Å²) in [6.07, 6.45) is 4.96. The van der Waals surface area contributed by atoms with Gasteiger partial charge in [-0.15, -0.1) is 11.3 Å². The summed E-state index contributed by atoms with van der Waals surface area (Å²) >= 11 is 1.76. The van der Waals surface area contributed by atoms with E-state index in [-0.39, 0.29) is 0 Å². The third-order valence-electron chi connectivity index (χ3n) is 2.25. The molecule has 0 saturated heterocycles. The molecule has 1 aromatic carbocycles. The summed E-state index contributed by atoms with van der Waals surface area (Å²) in [5.41, 5.74) is 1.76. The van der Waals surface area contributed by atoms with Gasteiger partial charge in [-0.05, 0) is 36.8 Å². The van der Waals surface area contributed by atoms with E-state index in [2.05, 4.69) is 25.1 Å². The van der Waals surface area contributed by atoms with Crippen LogP contribution in [0.4, 0.5) is 0 Å². The van der Waals surface area contributed by atoms with E-state index < -0.39 is 0 Å². The van der Waals surface area contributed by atoms with Crippen LogP contribution in [0.5, 0.6) is 0 Å². The van der Waals surface area contributed by atoms with Crippen molar-refractivity contribution in [3.05, 3.63) is 57.3 Å². The summed E-state index contributed by atoms with van der Waals surface area (Å²) in [6.45, 7) is 2.09. The minimum Gasteiger partial charge on any atom is -0.298 e. The molecule has 0 N–H and O–H groups in total. The molecule has 2 aromatic rings. The maximum Gasteiger partial charge on any atom is 0.150 e. The summed E-state index contributed by atoms with van der Waals surface area (Å²) in [5, 5.41) is 0. The Hall–Kier alpha value is -1.67. The fourth-order valence-electron chi connectivity index (χ4n) is 1.46. The number of aldehydes is 1. The summed E-state index contributed by atoms with van der Waals surface area (Å²) < 4.78 is 0. The highest BCUT2D eigenvalue weighted by Gasteiger charge is 1.93. The van der Waals surface area contributed by atoms with Gasteiger partial charge in [0.2, 0.25) is 0 Å². The maximum absolute atomic E-state index is 10.6. The van der Waals surface area contributed by atoms with Crippen molar-refractivity contribution >= 4 is 29.8 Å². The maximum atomic E-state index is 10.6. The molecule has 0 aliphatic carbocycles. The van der Waals surface area contributed by atoms with Gasteiger partial charge in [0.25, 0.3) is 0 Å². The summed E-state index contributed by atoms with van der Waals surface area (Å²) in [7, 11) is 0. The molecule has 0 saturated carbocycles. The largest absolute Gasteiger partial charge is 0.298 e. The highest BCUT2D eigenvalue weighted by Crippen LogP contribution is 2.18. The lowest BCUT2D eigenvalue weighted by Crippen LogP contribution is -1.79. The van der Waals surface area contributed by atoms with Crippen LogP contribution in [0.2, 0.25) is 0 Å². The molecule has 0 unspecified atom stereocenters. The van der Waals surface area contributed by atoms with E-state index in [9.17, 15) is 4.79 Å². The number of aryl methyl sites for hydroxylation is 1. The second-order valence-electron chi connectivity index (χ2n) is 3.57. The number of thiophene rings is 1. The second kappa shape index (κ2) is 4.90. The van der Waals surface area contributed by atoms with Gasteiger partial charge in [0.05, 0.1) is 0 Å². The molecule has 0 fully saturated rings. The van der Waals surface area contributed by atoms with Gasteiger partial charge in [-0.3, -0.25) is 4.79 Å². The average Bonchev–Trinajstić information content (AvgIpc) is 2.73. The molecule has 0 amide bonds. The summed E-state index contributed by atoms with van der Waals surface area (Å²) in [6, 6.07) is 11.8. The van der Waals surface area contributed by atoms with Crippen molar-refractivity contribution < 1.29 is 4.79 Å². The molecule has 16 heavy (non-hydrogen) atoms. The van der Waals surface area contributed by atoms with Gasteiger partial charge in [-0.2, -0.15) is 0 Å². The first-order valence-electron chi connectivity index (χ1n) is 5.08. The number of carbonyl (C=O) groups is 1. The van der Waals surface area contributed by atoms with E-state index in [1.54, 1.807) is 17.4 Å². The van der Waals surface area contributed by atoms with Gasteiger partial charge in [0, 0.05) is 15.3 Å². The molecule has 0 bridgehead atoms. The zero-order chi connectivity index (χ0) is 11.4. The fourth-order valence-corrected chi connectivity index (χ4v) is 2.24. The van der Waals surface area contributed by atoms with Crippen LogP contribution in [0.1, 0.15) is 25.7 Å². The lowest BCUT2D eigenvalue weighted by atomic mass is 10.1. The molecule has 0 aliphatic heterocycles. The van der Waals surface area contributed by atoms with E-state index in [0.29, 0.717) is 5.56 Å². The van der Waals surface area contributed by atoms with Gasteiger partial charge in [0.15, 0.2) is 0 Å². The Labute approximate surface area is 99.1 Å². The quantitative estimate of drug-likeness (QED) is 0.725. The highest BCUT2D eigenvalue weighted by atomic mass is 32.1. The molecular weight excluding hydrogens is 216 g/mol. The molecular formula is C14H12OS. The average molecular weight is 228 g/mol. The minimum absolute atomic E-state index is 0.713. The molecule has 0 aliphatic rings. The molecule has 2 heteroatoms. The topological polar surface area (TPSA) is 17.1 Å². The van der Waals surface area contributed by atoms with E-state index in [1.807, 2.05) is 24.3 Å². The number of hydrogen-bond donors (Lipinski definition) is 0. The molecule has 80 valence electrons. The van der Waals surface area contributed by atoms with Gasteiger partial charge in [-0.1, -0.05) is 24.3 Å². The first-order valence-corrected chi connectivity index (χ1v) is 5.89. The monoisotopic (exact) mass is 228 g/mol. The second-order valence-corrected chi connectivity index (χ2v) is 4.89. The van der Waals surface area contributed by atoms with Crippen LogP contribution in [-0.2, 0) is 0 Å². The molecule has 1 nitrogen and oxygen atoms in total. The molecule has 0 radical (unpaired) electrons. The predicted octanol–water partition coefficient (Wildman–Crippen LogP) is 4.04. The Kier molecular flexibility index (Phi) is 3.32. The lowest BCUT2D eigenvalue weighted by molar-refractivity contribution is 0.112. The van der Waals surface area contributed by atoms with Gasteiger partial charge in [-0.25, -0.2) is 0 Å². The van der Waals surface area contributed by atoms with Crippen LogP contribution in [0, 0.1) is 6.92 Å². The van der Waals surface area contributed by atoms with Crippen molar-refractivity contribution in [1.82, 2.24) is 0 Å². The van der Waals surface area contributed by atoms with Gasteiger partial charge in [0.1, 0.15) is 6.29 Å². The van der Waals surface area contributed by atoms with Crippen molar-refractivity contribution in [2.24, 2.45) is 0 Å². The Morgan fingerprint density at radius 2 is 1.88 bits per heavy atom. The first-order chi connectivity index (χ1) is 7.78. The van der Waals surface area contributed by atoms with Crippen LogP contribution in [0.3, 0.4) is 0 Å². The smallest absolute Gasteiger partial charge is 0.150 e. The van der Waals surface area contributed by atoms with Crippen molar-refractivity contribution in [2.45, 2.75) is 6.92 Å². The third kappa shape index (κ3) is 2.67. The summed E-state index contributed by atoms with van der Waals surface area (Å²) in [4.78, 5) is 13.2. The number of hydrogen-bond acceptors (Lipinski definition) is 2. The molecule has 1 aromatic heterocycles. The standard InChI is InChI=1S/C14H12OS/c1-11-5-7-14(16-11)8-6-12-3-2-4-13(9-12)10-15/h2-10H,1H3/b8-6+. The lowest BCUT2D eigenvalue weighted by Gasteiger charge is -1.93. The Bertz CT molecular complexity index is 523. The zero-order valence-corrected chi connectivity index (χ0v) is 9.83. The zero-order valence-electron chi connectivity index (χ0n) is 9.01. The third-order valence-corrected chi connectivity index (χ3v) is 3.21. The van der Waals surface area contributed by atoms with E-state index in [1.165, 1.54) is 9.75 Å². The normalized spacial score (nSPS) is 10.8. The number of rotatable bonds is 3.